The summed E-state index contributed by atoms with van der Waals surface area (Å²) in [5, 5.41) is 8.14. The molecule has 2 N–H and O–H groups in total. The van der Waals surface area contributed by atoms with E-state index in [0.29, 0.717) is 6.42 Å². The molecule has 0 aromatic carbocycles. The van der Waals surface area contributed by atoms with Crippen LogP contribution in [0.5, 0.6) is 0 Å². The summed E-state index contributed by atoms with van der Waals surface area (Å²) in [6.07, 6.45) is 1.54. The molecule has 1 unspecified atom stereocenters. The zero-order valence-corrected chi connectivity index (χ0v) is 11.0. The third-order valence-electron chi connectivity index (χ3n) is 2.92. The molecule has 1 atom stereocenters. The number of aromatic nitrogens is 3. The van der Waals surface area contributed by atoms with Crippen molar-refractivity contribution in [3.8, 4) is 0 Å². The second-order valence-corrected chi connectivity index (χ2v) is 6.49. The van der Waals surface area contributed by atoms with Crippen LogP contribution in [-0.2, 0) is 19.4 Å². The monoisotopic (exact) mass is 287 g/mol. The van der Waals surface area contributed by atoms with Gasteiger partial charge >= 0.3 is 11.8 Å². The fourth-order valence-corrected chi connectivity index (χ4v) is 3.61. The highest BCUT2D eigenvalue weighted by Crippen LogP contribution is 2.16. The average molecular weight is 287 g/mol. The first-order valence-corrected chi connectivity index (χ1v) is 7.35. The minimum atomic E-state index is -3.10. The maximum atomic E-state index is 11.8. The van der Waals surface area contributed by atoms with Crippen LogP contribution in [0.4, 0.5) is 5.95 Å². The molecule has 9 nitrogen and oxygen atoms in total. The molecule has 0 radical (unpaired) electrons. The van der Waals surface area contributed by atoms with Crippen LogP contribution in [-0.4, -0.2) is 64.9 Å². The van der Waals surface area contributed by atoms with Crippen molar-refractivity contribution in [3.63, 3.8) is 0 Å². The average Bonchev–Trinajstić information content (AvgIpc) is 2.96. The first kappa shape index (κ1) is 13.5. The molecular weight excluding hydrogens is 274 g/mol. The molecule has 0 bridgehead atoms. The smallest absolute Gasteiger partial charge is 0.316 e. The summed E-state index contributed by atoms with van der Waals surface area (Å²) in [7, 11) is -1.69. The molecule has 0 spiro atoms. The normalized spacial score (nSPS) is 21.0. The summed E-state index contributed by atoms with van der Waals surface area (Å²) in [5.41, 5.74) is 0. The second-order valence-electron chi connectivity index (χ2n) is 4.26. The number of amides is 2. The van der Waals surface area contributed by atoms with Gasteiger partial charge in [0, 0.05) is 13.1 Å². The number of hydrogen-bond acceptors (Lipinski definition) is 6. The Balaban J connectivity index is 1.97. The largest absolute Gasteiger partial charge is 0.333 e. The summed E-state index contributed by atoms with van der Waals surface area (Å²) >= 11 is 0. The molecule has 1 aliphatic heterocycles. The number of H-pyrrole nitrogens is 1. The molecule has 1 fully saturated rings. The topological polar surface area (TPSA) is 125 Å². The Morgan fingerprint density at radius 2 is 2.26 bits per heavy atom. The number of rotatable bonds is 2. The van der Waals surface area contributed by atoms with Crippen molar-refractivity contribution >= 4 is 27.6 Å². The number of aromatic amines is 1. The predicted molar refractivity (Wildman–Crippen MR) is 64.8 cm³/mol. The Labute approximate surface area is 109 Å². The van der Waals surface area contributed by atoms with Crippen molar-refractivity contribution in [1.82, 2.24) is 20.1 Å². The number of nitrogens with zero attached hydrogens (tertiary/aromatic N) is 3. The van der Waals surface area contributed by atoms with Crippen LogP contribution in [0.3, 0.4) is 0 Å². The van der Waals surface area contributed by atoms with E-state index in [4.69, 9.17) is 0 Å². The van der Waals surface area contributed by atoms with Crippen molar-refractivity contribution < 1.29 is 18.0 Å². The fraction of sp³-hybridized carbons (Fsp3) is 0.556. The van der Waals surface area contributed by atoms with Crippen molar-refractivity contribution in [1.29, 1.82) is 0 Å². The van der Waals surface area contributed by atoms with Crippen LogP contribution in [0, 0.1) is 0 Å². The van der Waals surface area contributed by atoms with Crippen LogP contribution >= 0.6 is 0 Å². The van der Waals surface area contributed by atoms with Gasteiger partial charge in [-0.2, -0.15) is 10.1 Å². The highest BCUT2D eigenvalue weighted by molar-refractivity contribution is 7.91. The lowest BCUT2D eigenvalue weighted by atomic mass is 10.2. The minimum Gasteiger partial charge on any atom is -0.333 e. The van der Waals surface area contributed by atoms with Crippen molar-refractivity contribution in [2.24, 2.45) is 0 Å². The lowest BCUT2D eigenvalue weighted by Gasteiger charge is -2.22. The van der Waals surface area contributed by atoms with Gasteiger partial charge in [0.25, 0.3) is 0 Å². The van der Waals surface area contributed by atoms with Crippen LogP contribution in [0.15, 0.2) is 6.33 Å². The number of nitrogens with one attached hydrogen (secondary N) is 2. The van der Waals surface area contributed by atoms with Gasteiger partial charge in [-0.3, -0.25) is 14.9 Å². The van der Waals surface area contributed by atoms with E-state index in [1.165, 1.54) is 13.4 Å². The van der Waals surface area contributed by atoms with Gasteiger partial charge in [-0.1, -0.05) is 0 Å². The molecule has 1 aliphatic rings. The van der Waals surface area contributed by atoms with E-state index in [0.717, 1.165) is 4.90 Å². The van der Waals surface area contributed by atoms with Gasteiger partial charge in [-0.15, -0.1) is 0 Å². The summed E-state index contributed by atoms with van der Waals surface area (Å²) in [6.45, 7) is 0. The molecule has 1 aromatic heterocycles. The van der Waals surface area contributed by atoms with E-state index >= 15 is 0 Å². The van der Waals surface area contributed by atoms with Gasteiger partial charge in [0.15, 0.2) is 9.84 Å². The maximum Gasteiger partial charge on any atom is 0.316 e. The molecule has 1 saturated heterocycles. The SMILES string of the molecule is CN(C(=O)C(=O)Nc1ncn[nH]1)C1CCS(=O)(=O)C1. The second kappa shape index (κ2) is 4.96. The van der Waals surface area contributed by atoms with E-state index < -0.39 is 27.7 Å². The maximum absolute atomic E-state index is 11.8. The van der Waals surface area contributed by atoms with Gasteiger partial charge in [-0.25, -0.2) is 13.5 Å². The molecule has 0 saturated carbocycles. The number of carbonyl (C=O) groups excluding carboxylic acids is 2. The first-order chi connectivity index (χ1) is 8.89. The van der Waals surface area contributed by atoms with Crippen LogP contribution in [0.2, 0.25) is 0 Å². The van der Waals surface area contributed by atoms with Gasteiger partial charge in [0.05, 0.1) is 11.5 Å². The highest BCUT2D eigenvalue weighted by atomic mass is 32.2. The van der Waals surface area contributed by atoms with Crippen LogP contribution in [0.1, 0.15) is 6.42 Å². The Morgan fingerprint density at radius 3 is 2.79 bits per heavy atom. The number of carbonyl (C=O) groups is 2. The first-order valence-electron chi connectivity index (χ1n) is 5.53. The molecule has 104 valence electrons. The molecule has 2 heterocycles. The number of likely N-dealkylation sites (N-methyl/N-ethyl adjacent to an activating group) is 1. The molecule has 19 heavy (non-hydrogen) atoms. The molecule has 10 heteroatoms. The number of hydrogen-bond donors (Lipinski definition) is 2. The van der Waals surface area contributed by atoms with Gasteiger partial charge in [0.2, 0.25) is 5.95 Å². The summed E-state index contributed by atoms with van der Waals surface area (Å²) in [4.78, 5) is 28.3. The predicted octanol–water partition coefficient (Wildman–Crippen LogP) is -1.61. The Kier molecular flexibility index (Phi) is 3.51. The zero-order valence-electron chi connectivity index (χ0n) is 10.2. The lowest BCUT2D eigenvalue weighted by molar-refractivity contribution is -0.143. The fourth-order valence-electron chi connectivity index (χ4n) is 1.83. The zero-order chi connectivity index (χ0) is 14.0. The third-order valence-corrected chi connectivity index (χ3v) is 4.67. The molecule has 2 amide bonds. The quantitative estimate of drug-likeness (QED) is 0.630. The van der Waals surface area contributed by atoms with Gasteiger partial charge in [-0.05, 0) is 6.42 Å². The summed E-state index contributed by atoms with van der Waals surface area (Å²) < 4.78 is 22.7. The van der Waals surface area contributed by atoms with Crippen molar-refractivity contribution in [2.45, 2.75) is 12.5 Å². The lowest BCUT2D eigenvalue weighted by Crippen LogP contribution is -2.44. The van der Waals surface area contributed by atoms with E-state index in [9.17, 15) is 18.0 Å². The highest BCUT2D eigenvalue weighted by Gasteiger charge is 2.34. The van der Waals surface area contributed by atoms with Crippen LogP contribution in [0.25, 0.3) is 0 Å². The van der Waals surface area contributed by atoms with Crippen LogP contribution < -0.4 is 5.32 Å². The van der Waals surface area contributed by atoms with E-state index in [2.05, 4.69) is 20.5 Å². The number of anilines is 1. The third kappa shape index (κ3) is 3.08. The van der Waals surface area contributed by atoms with Gasteiger partial charge in [0.1, 0.15) is 6.33 Å². The molecule has 0 aliphatic carbocycles. The number of sulfone groups is 1. The molecule has 1 aromatic rings. The Hall–Kier alpha value is -1.97. The standard InChI is InChI=1S/C9H13N5O4S/c1-14(6-2-3-19(17,18)4-6)8(16)7(15)12-9-10-5-11-13-9/h5-6H,2-4H2,1H3,(H2,10,11,12,13,15). The van der Waals surface area contributed by atoms with Crippen molar-refractivity contribution in [3.05, 3.63) is 6.33 Å². The van der Waals surface area contributed by atoms with E-state index in [-0.39, 0.29) is 17.5 Å². The Bertz CT molecular complexity index is 582. The molecule has 2 rings (SSSR count). The van der Waals surface area contributed by atoms with E-state index in [1.54, 1.807) is 0 Å². The van der Waals surface area contributed by atoms with Gasteiger partial charge < -0.3 is 4.90 Å². The van der Waals surface area contributed by atoms with Crippen molar-refractivity contribution in [2.75, 3.05) is 23.9 Å². The van der Waals surface area contributed by atoms with E-state index in [1.807, 2.05) is 0 Å². The summed E-state index contributed by atoms with van der Waals surface area (Å²) in [5.74, 6) is -1.70. The summed E-state index contributed by atoms with van der Waals surface area (Å²) in [6, 6.07) is -0.460. The molecular formula is C9H13N5O4S. The Morgan fingerprint density at radius 1 is 1.53 bits per heavy atom. The minimum absolute atomic E-state index is 0.0407.